The molecule has 0 bridgehead atoms. The van der Waals surface area contributed by atoms with Crippen LogP contribution in [0.3, 0.4) is 0 Å². The van der Waals surface area contributed by atoms with Gasteiger partial charge in [-0.05, 0) is 35.2 Å². The molecule has 0 aliphatic heterocycles. The van der Waals surface area contributed by atoms with Crippen LogP contribution in [0.15, 0.2) is 0 Å². The van der Waals surface area contributed by atoms with Crippen molar-refractivity contribution in [2.45, 2.75) is 0 Å². The zero-order valence-electron chi connectivity index (χ0n) is 9.93. The van der Waals surface area contributed by atoms with Gasteiger partial charge in [-0.3, -0.25) is 0 Å². The maximum absolute atomic E-state index is 4.50. The summed E-state index contributed by atoms with van der Waals surface area (Å²) in [6.07, 6.45) is 0. The molecule has 15 heavy (non-hydrogen) atoms. The molecule has 0 unspecified atom stereocenters. The average Bonchev–Trinajstić information content (AvgIpc) is 2.20. The second-order valence-electron chi connectivity index (χ2n) is 0. The van der Waals surface area contributed by atoms with Crippen LogP contribution in [0.4, 0.5) is 0 Å². The minimum atomic E-state index is 0. The lowest BCUT2D eigenvalue weighted by Gasteiger charge is -1.19. The third-order valence-electron chi connectivity index (χ3n) is 0. The quantitative estimate of drug-likeness (QED) is 0.299. The molecule has 0 radical (unpaired) electrons. The van der Waals surface area contributed by atoms with Crippen LogP contribution in [0, 0.1) is 0 Å². The molecule has 0 aromatic rings. The summed E-state index contributed by atoms with van der Waals surface area (Å²) >= 11 is 0. The van der Waals surface area contributed by atoms with Gasteiger partial charge in [-0.25, -0.2) is 0 Å². The van der Waals surface area contributed by atoms with Crippen molar-refractivity contribution in [3.8, 4) is 0 Å². The Morgan fingerprint density at radius 1 is 0.267 bits per heavy atom. The topological polar surface area (TPSA) is 130 Å². The highest BCUT2D eigenvalue weighted by Gasteiger charge is 0.844. The lowest BCUT2D eigenvalue weighted by molar-refractivity contribution is 1.48. The van der Waals surface area contributed by atoms with Gasteiger partial charge in [-0.1, -0.05) is 0 Å². The predicted octanol–water partition coefficient (Wildman–Crippen LogP) is 0.764. The molecule has 0 saturated heterocycles. The van der Waals surface area contributed by atoms with Crippen molar-refractivity contribution in [1.82, 2.24) is 0 Å². The normalized spacial score (nSPS) is 2.00. The molecule has 0 amide bonds. The molecule has 10 N–H and O–H groups in total. The van der Waals surface area contributed by atoms with Gasteiger partial charge < -0.3 is 28.7 Å². The minimum Gasteiger partial charge on any atom is -0.333 e. The minimum absolute atomic E-state index is 0. The van der Waals surface area contributed by atoms with Crippen LogP contribution >= 0.6 is 84.9 Å². The maximum Gasteiger partial charge on any atom is -0.0195 e. The Labute approximate surface area is 147 Å². The smallest absolute Gasteiger partial charge is 0.0195 e. The van der Waals surface area contributed by atoms with E-state index in [4.69, 9.17) is 0 Å². The zero-order chi connectivity index (χ0) is 10.0. The highest BCUT2D eigenvalue weighted by molar-refractivity contribution is 8.93. The van der Waals surface area contributed by atoms with Crippen LogP contribution in [0.25, 0.3) is 0 Å². The van der Waals surface area contributed by atoms with Gasteiger partial charge in [0, 0.05) is 0 Å². The van der Waals surface area contributed by atoms with Crippen LogP contribution in [0.5, 0.6) is 0 Å². The molecule has 0 aliphatic rings. The molecule has 0 spiro atoms. The van der Waals surface area contributed by atoms with E-state index in [1.54, 1.807) is 0 Å². The van der Waals surface area contributed by atoms with Crippen LogP contribution in [0.1, 0.15) is 0 Å². The molecule has 0 fully saturated rings. The zero-order valence-corrected chi connectivity index (χ0v) is 18.5. The summed E-state index contributed by atoms with van der Waals surface area (Å²) in [6, 6.07) is 0. The van der Waals surface area contributed by atoms with E-state index in [-0.39, 0.29) is 84.9 Å². The Morgan fingerprint density at radius 3 is 0.267 bits per heavy atom. The van der Waals surface area contributed by atoms with Gasteiger partial charge in [0.1, 0.15) is 0 Å². The summed E-state index contributed by atoms with van der Waals surface area (Å²) in [7, 11) is 7.50. The third-order valence-corrected chi connectivity index (χ3v) is 0. The van der Waals surface area contributed by atoms with E-state index in [9.17, 15) is 0 Å². The van der Waals surface area contributed by atoms with E-state index in [0.29, 0.717) is 0 Å². The lowest BCUT2D eigenvalue weighted by atomic mass is 11.6. The van der Waals surface area contributed by atoms with Crippen LogP contribution < -0.4 is 28.7 Å². The Balaban J connectivity index is -0.00000000240. The highest BCUT2D eigenvalue weighted by Crippen LogP contribution is 0.850. The van der Waals surface area contributed by atoms with Gasteiger partial charge in [-0.2, -0.15) is 0 Å². The van der Waals surface area contributed by atoms with Gasteiger partial charge in [0.15, 0.2) is 0 Å². The van der Waals surface area contributed by atoms with Gasteiger partial charge in [0.05, 0.1) is 0 Å². The second kappa shape index (κ2) is 773. The molecule has 0 saturated carbocycles. The second-order valence-corrected chi connectivity index (χ2v) is 0. The van der Waals surface area contributed by atoms with Gasteiger partial charge in [0.2, 0.25) is 0 Å². The number of hydrogen-bond donors (Lipinski definition) is 5. The van der Waals surface area contributed by atoms with E-state index in [1.165, 1.54) is 35.2 Å². The molecule has 5 nitrogen and oxygen atoms in total. The van der Waals surface area contributed by atoms with Crippen LogP contribution in [-0.4, -0.2) is 35.2 Å². The Hall–Kier alpha value is 2.20. The average molecular weight is 560 g/mol. The van der Waals surface area contributed by atoms with E-state index in [2.05, 4.69) is 28.7 Å². The number of halogens is 5. The summed E-state index contributed by atoms with van der Waals surface area (Å²) in [4.78, 5) is 0. The molecular formula is C5H30Br5N5. The van der Waals surface area contributed by atoms with Crippen molar-refractivity contribution in [3.63, 3.8) is 0 Å². The van der Waals surface area contributed by atoms with Crippen LogP contribution in [-0.2, 0) is 0 Å². The van der Waals surface area contributed by atoms with Crippen molar-refractivity contribution in [2.24, 2.45) is 28.7 Å². The predicted molar refractivity (Wildman–Crippen MR) is 102 cm³/mol. The largest absolute Gasteiger partial charge is 0.333 e. The Bertz CT molecular complexity index is 23.8. The first kappa shape index (κ1) is 87.1. The molecule has 0 atom stereocenters. The van der Waals surface area contributed by atoms with Crippen molar-refractivity contribution in [3.05, 3.63) is 0 Å². The van der Waals surface area contributed by atoms with E-state index < -0.39 is 0 Å². The lowest BCUT2D eigenvalue weighted by Crippen LogP contribution is -1.69. The molecule has 0 aromatic carbocycles. The maximum atomic E-state index is 4.50. The van der Waals surface area contributed by atoms with Gasteiger partial charge in [-0.15, -0.1) is 84.9 Å². The molecule has 0 heterocycles. The van der Waals surface area contributed by atoms with Gasteiger partial charge >= 0.3 is 0 Å². The number of hydrogen-bond acceptors (Lipinski definition) is 5. The summed E-state index contributed by atoms with van der Waals surface area (Å²) < 4.78 is 0. The van der Waals surface area contributed by atoms with E-state index in [0.717, 1.165) is 0 Å². The molecule has 10 heteroatoms. The summed E-state index contributed by atoms with van der Waals surface area (Å²) in [5, 5.41) is 0. The fourth-order valence-corrected chi connectivity index (χ4v) is 0. The SMILES string of the molecule is Br.Br.Br.Br.Br.CN.CN.CN.CN.CN. The summed E-state index contributed by atoms with van der Waals surface area (Å²) in [6.45, 7) is 0. The molecule has 0 rings (SSSR count). The fourth-order valence-electron chi connectivity index (χ4n) is 0. The summed E-state index contributed by atoms with van der Waals surface area (Å²) in [5.41, 5.74) is 22.5. The van der Waals surface area contributed by atoms with E-state index >= 15 is 0 Å². The van der Waals surface area contributed by atoms with Gasteiger partial charge in [0.25, 0.3) is 0 Å². The number of nitrogens with two attached hydrogens (primary N) is 5. The first-order valence-electron chi connectivity index (χ1n) is 2.89. The van der Waals surface area contributed by atoms with Crippen molar-refractivity contribution < 1.29 is 0 Å². The number of rotatable bonds is 0. The van der Waals surface area contributed by atoms with Crippen LogP contribution in [0.2, 0.25) is 0 Å². The summed E-state index contributed by atoms with van der Waals surface area (Å²) in [5.74, 6) is 0. The molecular weight excluding hydrogens is 530 g/mol. The van der Waals surface area contributed by atoms with E-state index in [1.807, 2.05) is 0 Å². The highest BCUT2D eigenvalue weighted by atomic mass is 79.9. The van der Waals surface area contributed by atoms with Crippen molar-refractivity contribution >= 4 is 84.9 Å². The third kappa shape index (κ3) is 675. The first-order chi connectivity index (χ1) is 5.00. The Kier molecular flexibility index (Phi) is 4490. The fraction of sp³-hybridized carbons (Fsp3) is 1.00. The molecule has 0 aromatic heterocycles. The standard InChI is InChI=1S/5CH5N.5BrH/c5*1-2;;;;;/h5*2H2,1H3;5*1H. The van der Waals surface area contributed by atoms with Crippen molar-refractivity contribution in [1.29, 1.82) is 0 Å². The molecule has 0 aliphatic carbocycles. The van der Waals surface area contributed by atoms with Crippen molar-refractivity contribution in [2.75, 3.05) is 35.2 Å². The first-order valence-corrected chi connectivity index (χ1v) is 2.89. The monoisotopic (exact) mass is 555 g/mol. The Morgan fingerprint density at radius 2 is 0.267 bits per heavy atom. The molecule has 110 valence electrons.